The zero-order chi connectivity index (χ0) is 24.0. The van der Waals surface area contributed by atoms with Crippen LogP contribution in [0.3, 0.4) is 0 Å². The second kappa shape index (κ2) is 10.8. The van der Waals surface area contributed by atoms with Crippen LogP contribution >= 0.6 is 11.6 Å². The third-order valence-corrected chi connectivity index (χ3v) is 6.60. The maximum absolute atomic E-state index is 12.4. The SMILES string of the molecule is COc1ccc(-c2nc(-c3ccccc3)[nH]c2CCNS(=O)(=O)NCc2ccc(Cl)cc2)cc1. The fourth-order valence-corrected chi connectivity index (χ4v) is 4.41. The van der Waals surface area contributed by atoms with Crippen molar-refractivity contribution in [2.75, 3.05) is 13.7 Å². The van der Waals surface area contributed by atoms with Crippen LogP contribution in [0.2, 0.25) is 5.02 Å². The Balaban J connectivity index is 1.47. The van der Waals surface area contributed by atoms with Gasteiger partial charge in [-0.15, -0.1) is 0 Å². The van der Waals surface area contributed by atoms with Crippen LogP contribution < -0.4 is 14.2 Å². The Kier molecular flexibility index (Phi) is 7.64. The van der Waals surface area contributed by atoms with Gasteiger partial charge in [0.15, 0.2) is 0 Å². The minimum Gasteiger partial charge on any atom is -0.497 e. The first-order valence-electron chi connectivity index (χ1n) is 10.7. The molecule has 7 nitrogen and oxygen atoms in total. The van der Waals surface area contributed by atoms with Crippen molar-refractivity contribution in [1.29, 1.82) is 0 Å². The molecule has 3 aromatic carbocycles. The van der Waals surface area contributed by atoms with Gasteiger partial charge >= 0.3 is 0 Å². The standard InChI is InChI=1S/C25H25ClN4O3S/c1-33-22-13-9-19(10-14-22)24-23(29-25(30-24)20-5-3-2-4-6-20)15-16-27-34(31,32)28-17-18-7-11-21(26)12-8-18/h2-14,27-28H,15-17H2,1H3,(H,29,30). The van der Waals surface area contributed by atoms with E-state index in [0.29, 0.717) is 11.4 Å². The highest BCUT2D eigenvalue weighted by molar-refractivity contribution is 7.87. The molecule has 3 N–H and O–H groups in total. The summed E-state index contributed by atoms with van der Waals surface area (Å²) < 4.78 is 35.3. The molecule has 34 heavy (non-hydrogen) atoms. The smallest absolute Gasteiger partial charge is 0.277 e. The topological polar surface area (TPSA) is 96.1 Å². The molecule has 0 aliphatic heterocycles. The Morgan fingerprint density at radius 1 is 0.912 bits per heavy atom. The van der Waals surface area contributed by atoms with Gasteiger partial charge in [0.1, 0.15) is 11.6 Å². The number of hydrogen-bond donors (Lipinski definition) is 3. The summed E-state index contributed by atoms with van der Waals surface area (Å²) in [5, 5.41) is 0.604. The van der Waals surface area contributed by atoms with E-state index in [0.717, 1.165) is 39.7 Å². The Labute approximate surface area is 204 Å². The highest BCUT2D eigenvalue weighted by Crippen LogP contribution is 2.28. The van der Waals surface area contributed by atoms with E-state index in [1.54, 1.807) is 31.4 Å². The number of rotatable bonds is 10. The maximum atomic E-state index is 12.4. The highest BCUT2D eigenvalue weighted by Gasteiger charge is 2.15. The van der Waals surface area contributed by atoms with Gasteiger partial charge in [-0.25, -0.2) is 9.71 Å². The number of methoxy groups -OCH3 is 1. The lowest BCUT2D eigenvalue weighted by molar-refractivity contribution is 0.415. The van der Waals surface area contributed by atoms with Gasteiger partial charge in [0.05, 0.1) is 12.8 Å². The van der Waals surface area contributed by atoms with Crippen molar-refractivity contribution in [1.82, 2.24) is 19.4 Å². The monoisotopic (exact) mass is 496 g/mol. The number of imidazole rings is 1. The number of nitrogens with one attached hydrogen (secondary N) is 3. The minimum absolute atomic E-state index is 0.172. The number of H-pyrrole nitrogens is 1. The number of nitrogens with zero attached hydrogens (tertiary/aromatic N) is 1. The molecule has 4 rings (SSSR count). The van der Waals surface area contributed by atoms with Gasteiger partial charge in [0.2, 0.25) is 0 Å². The van der Waals surface area contributed by atoms with E-state index >= 15 is 0 Å². The molecule has 0 unspecified atom stereocenters. The van der Waals surface area contributed by atoms with Crippen LogP contribution in [0.4, 0.5) is 0 Å². The van der Waals surface area contributed by atoms with Gasteiger partial charge in [-0.1, -0.05) is 54.1 Å². The fraction of sp³-hybridized carbons (Fsp3) is 0.160. The second-order valence-corrected chi connectivity index (χ2v) is 9.62. The first-order chi connectivity index (χ1) is 16.4. The van der Waals surface area contributed by atoms with E-state index < -0.39 is 10.2 Å². The average molecular weight is 497 g/mol. The Hall–Kier alpha value is -3.17. The third-order valence-electron chi connectivity index (χ3n) is 5.24. The zero-order valence-corrected chi connectivity index (χ0v) is 20.2. The molecule has 0 amide bonds. The van der Waals surface area contributed by atoms with Crippen molar-refractivity contribution in [3.8, 4) is 28.4 Å². The van der Waals surface area contributed by atoms with Crippen LogP contribution in [0.25, 0.3) is 22.6 Å². The number of benzene rings is 3. The maximum Gasteiger partial charge on any atom is 0.277 e. The van der Waals surface area contributed by atoms with Gasteiger partial charge in [-0.05, 0) is 42.0 Å². The largest absolute Gasteiger partial charge is 0.497 e. The van der Waals surface area contributed by atoms with Crippen LogP contribution in [0.1, 0.15) is 11.3 Å². The van der Waals surface area contributed by atoms with Crippen LogP contribution in [-0.4, -0.2) is 32.0 Å². The van der Waals surface area contributed by atoms with Crippen molar-refractivity contribution >= 4 is 21.8 Å². The first kappa shape index (κ1) is 24.0. The molecule has 4 aromatic rings. The molecular weight excluding hydrogens is 472 g/mol. The van der Waals surface area contributed by atoms with E-state index in [4.69, 9.17) is 21.3 Å². The summed E-state index contributed by atoms with van der Waals surface area (Å²) >= 11 is 5.88. The molecule has 0 aliphatic carbocycles. The lowest BCUT2D eigenvalue weighted by Crippen LogP contribution is -2.37. The number of hydrogen-bond acceptors (Lipinski definition) is 4. The summed E-state index contributed by atoms with van der Waals surface area (Å²) in [5.74, 6) is 1.48. The number of ether oxygens (including phenoxy) is 1. The second-order valence-electron chi connectivity index (χ2n) is 7.60. The number of halogens is 1. The van der Waals surface area contributed by atoms with Crippen LogP contribution in [0, 0.1) is 0 Å². The lowest BCUT2D eigenvalue weighted by atomic mass is 10.1. The average Bonchev–Trinajstić information content (AvgIpc) is 3.28. The van der Waals surface area contributed by atoms with Gasteiger partial charge < -0.3 is 9.72 Å². The number of aromatic amines is 1. The molecule has 9 heteroatoms. The molecule has 0 aliphatic rings. The van der Waals surface area contributed by atoms with E-state index in [9.17, 15) is 8.42 Å². The van der Waals surface area contributed by atoms with E-state index in [1.165, 1.54) is 0 Å². The summed E-state index contributed by atoms with van der Waals surface area (Å²) in [4.78, 5) is 8.17. The lowest BCUT2D eigenvalue weighted by Gasteiger charge is -2.09. The van der Waals surface area contributed by atoms with Gasteiger partial charge in [-0.3, -0.25) is 0 Å². The molecule has 0 radical (unpaired) electrons. The summed E-state index contributed by atoms with van der Waals surface area (Å²) in [6, 6.07) is 24.4. The van der Waals surface area contributed by atoms with Crippen molar-refractivity contribution < 1.29 is 13.2 Å². The summed E-state index contributed by atoms with van der Waals surface area (Å²) in [6.07, 6.45) is 0.434. The third kappa shape index (κ3) is 6.24. The van der Waals surface area contributed by atoms with Crippen LogP contribution in [0.15, 0.2) is 78.9 Å². The molecule has 0 spiro atoms. The molecule has 0 saturated carbocycles. The summed E-state index contributed by atoms with van der Waals surface area (Å²) in [5.41, 5.74) is 4.29. The fourth-order valence-electron chi connectivity index (χ4n) is 3.45. The number of aromatic nitrogens is 2. The van der Waals surface area contributed by atoms with Crippen molar-refractivity contribution in [3.63, 3.8) is 0 Å². The molecule has 0 atom stereocenters. The van der Waals surface area contributed by atoms with E-state index in [-0.39, 0.29) is 13.1 Å². The molecule has 0 bridgehead atoms. The molecule has 176 valence electrons. The van der Waals surface area contributed by atoms with E-state index in [1.807, 2.05) is 54.6 Å². The molecular formula is C25H25ClN4O3S. The summed E-state index contributed by atoms with van der Waals surface area (Å²) in [6.45, 7) is 0.376. The highest BCUT2D eigenvalue weighted by atomic mass is 35.5. The van der Waals surface area contributed by atoms with Crippen molar-refractivity contribution in [2.45, 2.75) is 13.0 Å². The molecule has 1 aromatic heterocycles. The van der Waals surface area contributed by atoms with Crippen LogP contribution in [0.5, 0.6) is 5.75 Å². The minimum atomic E-state index is -3.68. The Morgan fingerprint density at radius 3 is 2.29 bits per heavy atom. The Morgan fingerprint density at radius 2 is 1.62 bits per heavy atom. The Bertz CT molecular complexity index is 1320. The predicted molar refractivity (Wildman–Crippen MR) is 135 cm³/mol. The predicted octanol–water partition coefficient (Wildman–Crippen LogP) is 4.57. The van der Waals surface area contributed by atoms with Crippen molar-refractivity contribution in [2.24, 2.45) is 0 Å². The van der Waals surface area contributed by atoms with E-state index in [2.05, 4.69) is 14.4 Å². The summed E-state index contributed by atoms with van der Waals surface area (Å²) in [7, 11) is -2.06. The molecule has 1 heterocycles. The van der Waals surface area contributed by atoms with Gasteiger partial charge in [0.25, 0.3) is 10.2 Å². The molecule has 0 fully saturated rings. The quantitative estimate of drug-likeness (QED) is 0.299. The van der Waals surface area contributed by atoms with Gasteiger partial charge in [-0.2, -0.15) is 13.1 Å². The first-order valence-corrected chi connectivity index (χ1v) is 12.6. The normalized spacial score (nSPS) is 11.5. The van der Waals surface area contributed by atoms with Crippen molar-refractivity contribution in [3.05, 3.63) is 95.1 Å². The molecule has 0 saturated heterocycles. The van der Waals surface area contributed by atoms with Crippen LogP contribution in [-0.2, 0) is 23.2 Å². The van der Waals surface area contributed by atoms with Gasteiger partial charge in [0, 0.05) is 41.4 Å². The zero-order valence-electron chi connectivity index (χ0n) is 18.6.